The minimum Gasteiger partial charge on any atom is -0.369 e. The monoisotopic (exact) mass is 259 g/mol. The van der Waals surface area contributed by atoms with Crippen molar-refractivity contribution in [1.82, 2.24) is 10.3 Å². The molecule has 0 aliphatic carbocycles. The average Bonchev–Trinajstić information content (AvgIpc) is 2.42. The Morgan fingerprint density at radius 1 is 1.16 bits per heavy atom. The van der Waals surface area contributed by atoms with E-state index in [-0.39, 0.29) is 5.82 Å². The second-order valence-corrected chi connectivity index (χ2v) is 4.52. The Hall–Kier alpha value is -1.94. The first-order chi connectivity index (χ1) is 9.19. The summed E-state index contributed by atoms with van der Waals surface area (Å²) in [6.07, 6.45) is 1.88. The molecule has 0 unspecified atom stereocenters. The molecule has 2 rings (SSSR count). The molecule has 1 heterocycles. The van der Waals surface area contributed by atoms with Gasteiger partial charge in [0, 0.05) is 25.5 Å². The minimum absolute atomic E-state index is 0.216. The Balaban J connectivity index is 2.01. The van der Waals surface area contributed by atoms with Gasteiger partial charge in [-0.3, -0.25) is 4.98 Å². The predicted octanol–water partition coefficient (Wildman–Crippen LogP) is 2.58. The van der Waals surface area contributed by atoms with E-state index in [9.17, 15) is 4.39 Å². The molecule has 0 aliphatic rings. The number of anilines is 1. The summed E-state index contributed by atoms with van der Waals surface area (Å²) in [6.45, 7) is 1.52. The lowest BCUT2D eigenvalue weighted by Gasteiger charge is -2.18. The van der Waals surface area contributed by atoms with Gasteiger partial charge in [-0.05, 0) is 42.9 Å². The Kier molecular flexibility index (Phi) is 4.47. The minimum atomic E-state index is -0.216. The van der Waals surface area contributed by atoms with Gasteiger partial charge >= 0.3 is 0 Å². The van der Waals surface area contributed by atoms with Crippen molar-refractivity contribution in [2.75, 3.05) is 19.0 Å². The third-order valence-electron chi connectivity index (χ3n) is 2.93. The van der Waals surface area contributed by atoms with Gasteiger partial charge in [0.1, 0.15) is 5.82 Å². The molecule has 0 radical (unpaired) electrons. The smallest absolute Gasteiger partial charge is 0.123 e. The zero-order chi connectivity index (χ0) is 13.7. The van der Waals surface area contributed by atoms with E-state index in [0.717, 1.165) is 23.5 Å². The van der Waals surface area contributed by atoms with Crippen LogP contribution in [0.2, 0.25) is 0 Å². The molecule has 0 bridgehead atoms. The number of rotatable bonds is 5. The van der Waals surface area contributed by atoms with Gasteiger partial charge in [-0.1, -0.05) is 6.07 Å². The third kappa shape index (κ3) is 3.76. The molecule has 0 aliphatic heterocycles. The SMILES string of the molecule is CNCc1ccc(CN(C)c2ccc(F)cc2)nc1. The molecule has 0 amide bonds. The first-order valence-corrected chi connectivity index (χ1v) is 6.24. The molecule has 4 heteroatoms. The van der Waals surface area contributed by atoms with Crippen molar-refractivity contribution >= 4 is 5.69 Å². The van der Waals surface area contributed by atoms with Gasteiger partial charge < -0.3 is 10.2 Å². The van der Waals surface area contributed by atoms with Gasteiger partial charge in [-0.15, -0.1) is 0 Å². The molecule has 1 N–H and O–H groups in total. The number of nitrogens with zero attached hydrogens (tertiary/aromatic N) is 2. The largest absolute Gasteiger partial charge is 0.369 e. The summed E-state index contributed by atoms with van der Waals surface area (Å²) in [5.41, 5.74) is 3.13. The lowest BCUT2D eigenvalue weighted by atomic mass is 10.2. The predicted molar refractivity (Wildman–Crippen MR) is 75.5 cm³/mol. The quantitative estimate of drug-likeness (QED) is 0.894. The van der Waals surface area contributed by atoms with Crippen LogP contribution in [0.1, 0.15) is 11.3 Å². The van der Waals surface area contributed by atoms with Crippen molar-refractivity contribution in [2.45, 2.75) is 13.1 Å². The van der Waals surface area contributed by atoms with E-state index in [2.05, 4.69) is 16.4 Å². The number of benzene rings is 1. The second-order valence-electron chi connectivity index (χ2n) is 4.52. The van der Waals surface area contributed by atoms with Crippen LogP contribution in [0, 0.1) is 5.82 Å². The number of nitrogens with one attached hydrogen (secondary N) is 1. The zero-order valence-electron chi connectivity index (χ0n) is 11.2. The molecule has 1 aromatic heterocycles. The highest BCUT2D eigenvalue weighted by atomic mass is 19.1. The molecule has 3 nitrogen and oxygen atoms in total. The maximum absolute atomic E-state index is 12.9. The fourth-order valence-electron chi connectivity index (χ4n) is 1.89. The lowest BCUT2D eigenvalue weighted by Crippen LogP contribution is -2.17. The molecule has 100 valence electrons. The molecular formula is C15H18FN3. The molecule has 0 atom stereocenters. The number of aromatic nitrogens is 1. The topological polar surface area (TPSA) is 28.2 Å². The first-order valence-electron chi connectivity index (χ1n) is 6.24. The molecule has 1 aromatic carbocycles. The van der Waals surface area contributed by atoms with E-state index in [4.69, 9.17) is 0 Å². The summed E-state index contributed by atoms with van der Waals surface area (Å²) < 4.78 is 12.9. The van der Waals surface area contributed by atoms with Crippen molar-refractivity contribution in [2.24, 2.45) is 0 Å². The van der Waals surface area contributed by atoms with Crippen molar-refractivity contribution in [3.63, 3.8) is 0 Å². The highest BCUT2D eigenvalue weighted by Crippen LogP contribution is 2.15. The fraction of sp³-hybridized carbons (Fsp3) is 0.267. The van der Waals surface area contributed by atoms with Gasteiger partial charge in [-0.2, -0.15) is 0 Å². The van der Waals surface area contributed by atoms with Gasteiger partial charge in [-0.25, -0.2) is 4.39 Å². The Morgan fingerprint density at radius 2 is 1.89 bits per heavy atom. The normalized spacial score (nSPS) is 10.5. The van der Waals surface area contributed by atoms with Crippen LogP contribution in [-0.4, -0.2) is 19.1 Å². The summed E-state index contributed by atoms with van der Waals surface area (Å²) in [7, 11) is 3.88. The number of pyridine rings is 1. The third-order valence-corrected chi connectivity index (χ3v) is 2.93. The molecule has 0 saturated heterocycles. The van der Waals surface area contributed by atoms with E-state index in [1.165, 1.54) is 12.1 Å². The molecule has 2 aromatic rings. The van der Waals surface area contributed by atoms with Crippen LogP contribution in [0.25, 0.3) is 0 Å². The highest BCUT2D eigenvalue weighted by molar-refractivity contribution is 5.45. The van der Waals surface area contributed by atoms with Crippen LogP contribution < -0.4 is 10.2 Å². The summed E-state index contributed by atoms with van der Waals surface area (Å²) in [5.74, 6) is -0.216. The van der Waals surface area contributed by atoms with E-state index in [0.29, 0.717) is 6.54 Å². The Bertz CT molecular complexity index is 508. The van der Waals surface area contributed by atoms with E-state index in [1.54, 1.807) is 12.1 Å². The van der Waals surface area contributed by atoms with Crippen LogP contribution in [0.4, 0.5) is 10.1 Å². The standard InChI is InChI=1S/C15H18FN3/c1-17-9-12-3-6-14(18-10-12)11-19(2)15-7-4-13(16)5-8-15/h3-8,10,17H,9,11H2,1-2H3. The van der Waals surface area contributed by atoms with E-state index < -0.39 is 0 Å². The van der Waals surface area contributed by atoms with Crippen LogP contribution >= 0.6 is 0 Å². The van der Waals surface area contributed by atoms with E-state index in [1.807, 2.05) is 31.3 Å². The van der Waals surface area contributed by atoms with E-state index >= 15 is 0 Å². The van der Waals surface area contributed by atoms with Crippen LogP contribution in [-0.2, 0) is 13.1 Å². The molecule has 0 spiro atoms. The fourth-order valence-corrected chi connectivity index (χ4v) is 1.89. The zero-order valence-corrected chi connectivity index (χ0v) is 11.2. The van der Waals surface area contributed by atoms with Crippen LogP contribution in [0.5, 0.6) is 0 Å². The summed E-state index contributed by atoms with van der Waals surface area (Å²) in [5, 5.41) is 3.09. The van der Waals surface area contributed by atoms with Gasteiger partial charge in [0.2, 0.25) is 0 Å². The molecular weight excluding hydrogens is 241 g/mol. The first kappa shape index (κ1) is 13.5. The van der Waals surface area contributed by atoms with Crippen LogP contribution in [0.15, 0.2) is 42.6 Å². The molecule has 0 saturated carbocycles. The van der Waals surface area contributed by atoms with Crippen molar-refractivity contribution in [1.29, 1.82) is 0 Å². The van der Waals surface area contributed by atoms with Crippen molar-refractivity contribution < 1.29 is 4.39 Å². The van der Waals surface area contributed by atoms with Crippen molar-refractivity contribution in [3.05, 3.63) is 59.7 Å². The Labute approximate surface area is 113 Å². The second kappa shape index (κ2) is 6.29. The lowest BCUT2D eigenvalue weighted by molar-refractivity contribution is 0.627. The maximum Gasteiger partial charge on any atom is 0.123 e. The van der Waals surface area contributed by atoms with Gasteiger partial charge in [0.25, 0.3) is 0 Å². The summed E-state index contributed by atoms with van der Waals surface area (Å²) >= 11 is 0. The van der Waals surface area contributed by atoms with Crippen molar-refractivity contribution in [3.8, 4) is 0 Å². The highest BCUT2D eigenvalue weighted by Gasteiger charge is 2.03. The number of halogens is 1. The molecule has 0 fully saturated rings. The summed E-state index contributed by atoms with van der Waals surface area (Å²) in [6, 6.07) is 10.6. The average molecular weight is 259 g/mol. The summed E-state index contributed by atoms with van der Waals surface area (Å²) in [4.78, 5) is 6.47. The number of hydrogen-bond acceptors (Lipinski definition) is 3. The maximum atomic E-state index is 12.9. The van der Waals surface area contributed by atoms with Gasteiger partial charge in [0.15, 0.2) is 0 Å². The van der Waals surface area contributed by atoms with Gasteiger partial charge in [0.05, 0.1) is 12.2 Å². The Morgan fingerprint density at radius 3 is 2.47 bits per heavy atom. The molecule has 19 heavy (non-hydrogen) atoms. The number of hydrogen-bond donors (Lipinski definition) is 1. The van der Waals surface area contributed by atoms with Crippen LogP contribution in [0.3, 0.4) is 0 Å².